The van der Waals surface area contributed by atoms with Gasteiger partial charge in [-0.05, 0) is 19.4 Å². The average Bonchev–Trinajstić information content (AvgIpc) is 2.21. The molecule has 0 N–H and O–H groups in total. The van der Waals surface area contributed by atoms with Crippen molar-refractivity contribution in [2.24, 2.45) is 0 Å². The highest BCUT2D eigenvalue weighted by Crippen LogP contribution is 1.97. The van der Waals surface area contributed by atoms with Crippen LogP contribution in [0.1, 0.15) is 19.4 Å². The van der Waals surface area contributed by atoms with E-state index in [0.29, 0.717) is 0 Å². The van der Waals surface area contributed by atoms with Crippen molar-refractivity contribution in [1.82, 2.24) is 0 Å². The first-order chi connectivity index (χ1) is 6.66. The van der Waals surface area contributed by atoms with Crippen LogP contribution in [0.4, 0.5) is 0 Å². The normalized spacial score (nSPS) is 7.00. The van der Waals surface area contributed by atoms with E-state index in [1.54, 1.807) is 0 Å². The number of benzene rings is 1. The quantitative estimate of drug-likeness (QED) is 0.560. The first-order valence-electron chi connectivity index (χ1n) is 4.46. The van der Waals surface area contributed by atoms with Crippen molar-refractivity contribution in [3.63, 3.8) is 0 Å². The van der Waals surface area contributed by atoms with E-state index < -0.39 is 0 Å². The maximum atomic E-state index is 3.63. The predicted octanol–water partition coefficient (Wildman–Crippen LogP) is 4.71. The van der Waals surface area contributed by atoms with Gasteiger partial charge in [0.15, 0.2) is 0 Å². The molecule has 0 spiro atoms. The van der Waals surface area contributed by atoms with Crippen LogP contribution in [0.3, 0.4) is 0 Å². The lowest BCUT2D eigenvalue weighted by atomic mass is 10.2. The minimum Gasteiger partial charge on any atom is -0.106 e. The van der Waals surface area contributed by atoms with E-state index in [-0.39, 0.29) is 0 Å². The summed E-state index contributed by atoms with van der Waals surface area (Å²) < 4.78 is 0. The van der Waals surface area contributed by atoms with Crippen molar-refractivity contribution < 1.29 is 0 Å². The minimum absolute atomic E-state index is 1.17. The monoisotopic (exact) mass is 188 g/mol. The van der Waals surface area contributed by atoms with Gasteiger partial charge in [-0.2, -0.15) is 0 Å². The van der Waals surface area contributed by atoms with E-state index in [9.17, 15) is 0 Å². The summed E-state index contributed by atoms with van der Waals surface area (Å²) in [5, 5.41) is 0. The second kappa shape index (κ2) is 11.4. The van der Waals surface area contributed by atoms with Gasteiger partial charge in [0, 0.05) is 0 Å². The minimum atomic E-state index is 1.17. The Morgan fingerprint density at radius 2 is 1.43 bits per heavy atom. The Bertz CT molecular complexity index is 240. The fraction of sp³-hybridized carbons (Fsp3) is 0.143. The summed E-state index contributed by atoms with van der Waals surface area (Å²) in [6, 6.07) is 10.0. The van der Waals surface area contributed by atoms with E-state index in [2.05, 4.69) is 26.3 Å². The Morgan fingerprint density at radius 3 is 1.64 bits per heavy atom. The third-order valence-corrected chi connectivity index (χ3v) is 1.04. The second-order valence-electron chi connectivity index (χ2n) is 2.82. The van der Waals surface area contributed by atoms with Gasteiger partial charge < -0.3 is 0 Å². The summed E-state index contributed by atoms with van der Waals surface area (Å²) in [6.07, 6.45) is 1.83. The number of rotatable bonds is 1. The van der Waals surface area contributed by atoms with Gasteiger partial charge in [-0.15, -0.1) is 19.7 Å². The van der Waals surface area contributed by atoms with E-state index in [0.717, 1.165) is 0 Å². The molecule has 0 heteroatoms. The Labute approximate surface area is 88.3 Å². The SMILES string of the molecule is C=C.C=C(C)C.C=Cc1ccccc1. The van der Waals surface area contributed by atoms with Crippen molar-refractivity contribution in [2.45, 2.75) is 13.8 Å². The zero-order chi connectivity index (χ0) is 11.4. The van der Waals surface area contributed by atoms with Crippen molar-refractivity contribution in [3.8, 4) is 0 Å². The highest BCUT2D eigenvalue weighted by atomic mass is 13.8. The number of hydrogen-bond acceptors (Lipinski definition) is 0. The smallest absolute Gasteiger partial charge is 0.0263 e. The van der Waals surface area contributed by atoms with E-state index >= 15 is 0 Å². The first-order valence-corrected chi connectivity index (χ1v) is 4.46. The van der Waals surface area contributed by atoms with Crippen LogP contribution in [-0.2, 0) is 0 Å². The summed E-state index contributed by atoms with van der Waals surface area (Å²) in [7, 11) is 0. The fourth-order valence-corrected chi connectivity index (χ4v) is 0.589. The molecule has 0 fully saturated rings. The summed E-state index contributed by atoms with van der Waals surface area (Å²) in [5.41, 5.74) is 2.34. The summed E-state index contributed by atoms with van der Waals surface area (Å²) >= 11 is 0. The van der Waals surface area contributed by atoms with Crippen LogP contribution in [0.5, 0.6) is 0 Å². The molecular weight excluding hydrogens is 168 g/mol. The third kappa shape index (κ3) is 13.1. The number of allylic oxidation sites excluding steroid dienone is 1. The number of hydrogen-bond donors (Lipinski definition) is 0. The molecule has 0 atom stereocenters. The molecular formula is C14H20. The lowest BCUT2D eigenvalue weighted by molar-refractivity contribution is 1.42. The lowest BCUT2D eigenvalue weighted by Crippen LogP contribution is -1.63. The van der Waals surface area contributed by atoms with E-state index in [1.165, 1.54) is 11.1 Å². The standard InChI is InChI=1S/C8H8.C4H8.C2H4/c1-2-8-6-4-3-5-7-8;1-4(2)3;1-2/h2-7H,1H2;1H2,2-3H3;1-2H2. The molecule has 0 radical (unpaired) electrons. The molecule has 0 amide bonds. The topological polar surface area (TPSA) is 0 Å². The molecule has 1 aromatic carbocycles. The molecule has 1 rings (SSSR count). The highest BCUT2D eigenvalue weighted by molar-refractivity contribution is 5.45. The molecule has 0 aliphatic rings. The van der Waals surface area contributed by atoms with Crippen LogP contribution in [0.25, 0.3) is 6.08 Å². The summed E-state index contributed by atoms with van der Waals surface area (Å²) in [5.74, 6) is 0. The van der Waals surface area contributed by atoms with Gasteiger partial charge in [-0.1, -0.05) is 48.6 Å². The molecule has 14 heavy (non-hydrogen) atoms. The lowest BCUT2D eigenvalue weighted by Gasteiger charge is -1.85. The molecule has 0 aromatic heterocycles. The zero-order valence-electron chi connectivity index (χ0n) is 9.29. The van der Waals surface area contributed by atoms with Gasteiger partial charge in [0.25, 0.3) is 0 Å². The third-order valence-electron chi connectivity index (χ3n) is 1.04. The van der Waals surface area contributed by atoms with Crippen molar-refractivity contribution >= 4 is 6.08 Å². The van der Waals surface area contributed by atoms with Crippen LogP contribution >= 0.6 is 0 Å². The predicted molar refractivity (Wildman–Crippen MR) is 68.3 cm³/mol. The van der Waals surface area contributed by atoms with Crippen LogP contribution in [0.2, 0.25) is 0 Å². The van der Waals surface area contributed by atoms with Gasteiger partial charge >= 0.3 is 0 Å². The molecule has 0 saturated heterocycles. The molecule has 76 valence electrons. The van der Waals surface area contributed by atoms with E-state index in [4.69, 9.17) is 0 Å². The van der Waals surface area contributed by atoms with Gasteiger partial charge in [-0.25, -0.2) is 0 Å². The van der Waals surface area contributed by atoms with Gasteiger partial charge in [0.2, 0.25) is 0 Å². The van der Waals surface area contributed by atoms with Crippen molar-refractivity contribution in [3.05, 3.63) is 67.8 Å². The Morgan fingerprint density at radius 1 is 1.07 bits per heavy atom. The van der Waals surface area contributed by atoms with Crippen molar-refractivity contribution in [2.75, 3.05) is 0 Å². The summed E-state index contributed by atoms with van der Waals surface area (Å²) in [4.78, 5) is 0. The Kier molecular flexibility index (Phi) is 12.2. The zero-order valence-corrected chi connectivity index (χ0v) is 9.29. The molecule has 0 bridgehead atoms. The molecule has 0 aliphatic carbocycles. The van der Waals surface area contributed by atoms with Gasteiger partial charge in [0.1, 0.15) is 0 Å². The Hall–Kier alpha value is -1.56. The molecule has 0 unspecified atom stereocenters. The van der Waals surface area contributed by atoms with Gasteiger partial charge in [0.05, 0.1) is 0 Å². The largest absolute Gasteiger partial charge is 0.106 e. The fourth-order valence-electron chi connectivity index (χ4n) is 0.589. The van der Waals surface area contributed by atoms with Gasteiger partial charge in [-0.3, -0.25) is 0 Å². The van der Waals surface area contributed by atoms with Crippen LogP contribution in [0, 0.1) is 0 Å². The Balaban J connectivity index is 0. The molecule has 0 nitrogen and oxygen atoms in total. The van der Waals surface area contributed by atoms with Crippen LogP contribution < -0.4 is 0 Å². The molecule has 1 aromatic rings. The van der Waals surface area contributed by atoms with Crippen molar-refractivity contribution in [1.29, 1.82) is 0 Å². The maximum Gasteiger partial charge on any atom is -0.0263 e. The average molecular weight is 188 g/mol. The van der Waals surface area contributed by atoms with Crippen LogP contribution in [0.15, 0.2) is 62.2 Å². The van der Waals surface area contributed by atoms with Crippen LogP contribution in [-0.4, -0.2) is 0 Å². The molecule has 0 aliphatic heterocycles. The first kappa shape index (κ1) is 14.9. The molecule has 0 saturated carbocycles. The van der Waals surface area contributed by atoms with E-state index in [1.807, 2.05) is 50.3 Å². The maximum absolute atomic E-state index is 3.63. The highest BCUT2D eigenvalue weighted by Gasteiger charge is 1.75. The summed E-state index contributed by atoms with van der Waals surface area (Å²) in [6.45, 7) is 17.1. The molecule has 0 heterocycles. The second-order valence-corrected chi connectivity index (χ2v) is 2.82.